The molecule has 3 N–H and O–H groups in total. The van der Waals surface area contributed by atoms with E-state index < -0.39 is 6.10 Å². The molecule has 19 heavy (non-hydrogen) atoms. The SMILES string of the molecule is CC1(C(=O)NCC2CCN(CC(O)CO)CC2)CC1. The van der Waals surface area contributed by atoms with Gasteiger partial charge in [0.2, 0.25) is 5.91 Å². The predicted molar refractivity (Wildman–Crippen MR) is 72.6 cm³/mol. The minimum absolute atomic E-state index is 0.0774. The van der Waals surface area contributed by atoms with E-state index in [1.165, 1.54) is 0 Å². The van der Waals surface area contributed by atoms with Gasteiger partial charge in [-0.3, -0.25) is 4.79 Å². The molecule has 1 aliphatic heterocycles. The highest BCUT2D eigenvalue weighted by Crippen LogP contribution is 2.45. The maximum absolute atomic E-state index is 11.8. The standard InChI is InChI=1S/C14H26N2O3/c1-14(4-5-14)13(19)15-8-11-2-6-16(7-3-11)9-12(18)10-17/h11-12,17-18H,2-10H2,1H3,(H,15,19). The zero-order valence-electron chi connectivity index (χ0n) is 11.8. The Bertz CT molecular complexity index is 310. The van der Waals surface area contributed by atoms with Crippen LogP contribution in [0.1, 0.15) is 32.6 Å². The van der Waals surface area contributed by atoms with Crippen molar-refractivity contribution >= 4 is 5.91 Å². The summed E-state index contributed by atoms with van der Waals surface area (Å²) >= 11 is 0. The second-order valence-electron chi connectivity index (χ2n) is 6.35. The monoisotopic (exact) mass is 270 g/mol. The molecule has 110 valence electrons. The van der Waals surface area contributed by atoms with Gasteiger partial charge in [-0.2, -0.15) is 0 Å². The molecule has 1 unspecified atom stereocenters. The molecule has 0 radical (unpaired) electrons. The number of carbonyl (C=O) groups excluding carboxylic acids is 1. The lowest BCUT2D eigenvalue weighted by molar-refractivity contribution is -0.126. The van der Waals surface area contributed by atoms with Crippen molar-refractivity contribution in [1.29, 1.82) is 0 Å². The molecule has 0 aromatic carbocycles. The maximum Gasteiger partial charge on any atom is 0.225 e. The van der Waals surface area contributed by atoms with E-state index in [0.29, 0.717) is 12.5 Å². The largest absolute Gasteiger partial charge is 0.394 e. The topological polar surface area (TPSA) is 72.8 Å². The Morgan fingerprint density at radius 3 is 2.58 bits per heavy atom. The molecule has 1 aliphatic carbocycles. The summed E-state index contributed by atoms with van der Waals surface area (Å²) in [5.41, 5.74) is -0.0774. The number of piperidine rings is 1. The molecule has 2 rings (SSSR count). The van der Waals surface area contributed by atoms with Crippen molar-refractivity contribution in [1.82, 2.24) is 10.2 Å². The van der Waals surface area contributed by atoms with Crippen LogP contribution in [0.15, 0.2) is 0 Å². The van der Waals surface area contributed by atoms with Gasteiger partial charge in [-0.1, -0.05) is 6.92 Å². The van der Waals surface area contributed by atoms with E-state index in [0.717, 1.165) is 45.3 Å². The molecule has 1 atom stereocenters. The molecule has 1 saturated carbocycles. The van der Waals surface area contributed by atoms with E-state index in [-0.39, 0.29) is 17.9 Å². The average molecular weight is 270 g/mol. The first kappa shape index (κ1) is 14.8. The van der Waals surface area contributed by atoms with Gasteiger partial charge >= 0.3 is 0 Å². The molecule has 2 fully saturated rings. The first-order valence-corrected chi connectivity index (χ1v) is 7.33. The number of hydrogen-bond donors (Lipinski definition) is 3. The van der Waals surface area contributed by atoms with Crippen LogP contribution in [0.4, 0.5) is 0 Å². The van der Waals surface area contributed by atoms with Crippen molar-refractivity contribution in [2.24, 2.45) is 11.3 Å². The normalized spacial score (nSPS) is 25.0. The number of β-amino-alcohol motifs (C(OH)–C–C–N with tert-alkyl or cyclic N) is 1. The summed E-state index contributed by atoms with van der Waals surface area (Å²) in [7, 11) is 0. The van der Waals surface area contributed by atoms with Gasteiger partial charge < -0.3 is 20.4 Å². The fourth-order valence-corrected chi connectivity index (χ4v) is 2.59. The van der Waals surface area contributed by atoms with E-state index in [4.69, 9.17) is 5.11 Å². The van der Waals surface area contributed by atoms with Crippen LogP contribution in [0.5, 0.6) is 0 Å². The summed E-state index contributed by atoms with van der Waals surface area (Å²) in [5.74, 6) is 0.763. The summed E-state index contributed by atoms with van der Waals surface area (Å²) in [6.07, 6.45) is 3.52. The fraction of sp³-hybridized carbons (Fsp3) is 0.929. The van der Waals surface area contributed by atoms with Crippen molar-refractivity contribution in [2.75, 3.05) is 32.8 Å². The van der Waals surface area contributed by atoms with Gasteiger partial charge in [0, 0.05) is 18.5 Å². The number of nitrogens with zero attached hydrogens (tertiary/aromatic N) is 1. The quantitative estimate of drug-likeness (QED) is 0.634. The molecule has 1 saturated heterocycles. The van der Waals surface area contributed by atoms with Crippen LogP contribution in [0.3, 0.4) is 0 Å². The molecule has 0 bridgehead atoms. The number of likely N-dealkylation sites (tertiary alicyclic amines) is 1. The Hall–Kier alpha value is -0.650. The molecular weight excluding hydrogens is 244 g/mol. The molecule has 5 heteroatoms. The smallest absolute Gasteiger partial charge is 0.225 e. The van der Waals surface area contributed by atoms with Gasteiger partial charge in [0.15, 0.2) is 0 Å². The molecule has 0 spiro atoms. The van der Waals surface area contributed by atoms with Crippen LogP contribution in [0.25, 0.3) is 0 Å². The molecule has 0 aromatic heterocycles. The highest BCUT2D eigenvalue weighted by Gasteiger charge is 2.44. The molecule has 1 amide bonds. The Morgan fingerprint density at radius 2 is 2.05 bits per heavy atom. The summed E-state index contributed by atoms with van der Waals surface area (Å²) in [5, 5.41) is 21.3. The Morgan fingerprint density at radius 1 is 1.42 bits per heavy atom. The number of amides is 1. The molecular formula is C14H26N2O3. The van der Waals surface area contributed by atoms with Gasteiger partial charge in [-0.05, 0) is 44.7 Å². The number of aliphatic hydroxyl groups is 2. The van der Waals surface area contributed by atoms with E-state index in [1.807, 2.05) is 6.92 Å². The van der Waals surface area contributed by atoms with Crippen LogP contribution >= 0.6 is 0 Å². The van der Waals surface area contributed by atoms with Crippen molar-refractivity contribution in [2.45, 2.75) is 38.7 Å². The fourth-order valence-electron chi connectivity index (χ4n) is 2.59. The zero-order valence-corrected chi connectivity index (χ0v) is 11.8. The van der Waals surface area contributed by atoms with Crippen molar-refractivity contribution < 1.29 is 15.0 Å². The summed E-state index contributed by atoms with van der Waals surface area (Å²) in [6, 6.07) is 0. The predicted octanol–water partition coefficient (Wildman–Crippen LogP) is -0.0321. The molecule has 0 aromatic rings. The van der Waals surface area contributed by atoms with Crippen molar-refractivity contribution in [3.63, 3.8) is 0 Å². The highest BCUT2D eigenvalue weighted by atomic mass is 16.3. The molecule has 5 nitrogen and oxygen atoms in total. The van der Waals surface area contributed by atoms with Gasteiger partial charge in [-0.15, -0.1) is 0 Å². The van der Waals surface area contributed by atoms with Crippen molar-refractivity contribution in [3.05, 3.63) is 0 Å². The summed E-state index contributed by atoms with van der Waals surface area (Å²) in [6.45, 7) is 5.07. The number of aliphatic hydroxyl groups excluding tert-OH is 2. The third-order valence-electron chi connectivity index (χ3n) is 4.49. The molecule has 1 heterocycles. The third-order valence-corrected chi connectivity index (χ3v) is 4.49. The number of rotatable bonds is 6. The lowest BCUT2D eigenvalue weighted by atomic mass is 9.96. The first-order chi connectivity index (χ1) is 9.03. The maximum atomic E-state index is 11.8. The van der Waals surface area contributed by atoms with Gasteiger partial charge in [-0.25, -0.2) is 0 Å². The first-order valence-electron chi connectivity index (χ1n) is 7.33. The van der Waals surface area contributed by atoms with Gasteiger partial charge in [0.05, 0.1) is 12.7 Å². The van der Waals surface area contributed by atoms with E-state index in [2.05, 4.69) is 10.2 Å². The second-order valence-corrected chi connectivity index (χ2v) is 6.35. The Balaban J connectivity index is 1.62. The van der Waals surface area contributed by atoms with Crippen molar-refractivity contribution in [3.8, 4) is 0 Å². The third kappa shape index (κ3) is 4.16. The second kappa shape index (κ2) is 6.20. The van der Waals surface area contributed by atoms with Crippen LogP contribution < -0.4 is 5.32 Å². The summed E-state index contributed by atoms with van der Waals surface area (Å²) < 4.78 is 0. The van der Waals surface area contributed by atoms with Gasteiger partial charge in [0.25, 0.3) is 0 Å². The van der Waals surface area contributed by atoms with E-state index in [1.54, 1.807) is 0 Å². The number of nitrogens with one attached hydrogen (secondary N) is 1. The highest BCUT2D eigenvalue weighted by molar-refractivity contribution is 5.84. The number of hydrogen-bond acceptors (Lipinski definition) is 4. The van der Waals surface area contributed by atoms with E-state index >= 15 is 0 Å². The van der Waals surface area contributed by atoms with Crippen LogP contribution in [0, 0.1) is 11.3 Å². The minimum Gasteiger partial charge on any atom is -0.394 e. The summed E-state index contributed by atoms with van der Waals surface area (Å²) in [4.78, 5) is 14.0. The average Bonchev–Trinajstić information content (AvgIpc) is 3.17. The Labute approximate surface area is 115 Å². The van der Waals surface area contributed by atoms with E-state index in [9.17, 15) is 9.90 Å². The molecule has 2 aliphatic rings. The van der Waals surface area contributed by atoms with Crippen LogP contribution in [-0.2, 0) is 4.79 Å². The van der Waals surface area contributed by atoms with Gasteiger partial charge in [0.1, 0.15) is 0 Å². The lowest BCUT2D eigenvalue weighted by Crippen LogP contribution is -2.43. The lowest BCUT2D eigenvalue weighted by Gasteiger charge is -2.33. The number of carbonyl (C=O) groups is 1. The van der Waals surface area contributed by atoms with Crippen LogP contribution in [-0.4, -0.2) is 59.9 Å². The zero-order chi connectivity index (χ0) is 13.9. The minimum atomic E-state index is -0.633. The van der Waals surface area contributed by atoms with Crippen LogP contribution in [0.2, 0.25) is 0 Å². The Kier molecular flexibility index (Phi) is 4.81.